The molecule has 0 atom stereocenters. The highest BCUT2D eigenvalue weighted by atomic mass is 16.6. The van der Waals surface area contributed by atoms with Crippen LogP contribution < -0.4 is 20.7 Å². The lowest BCUT2D eigenvalue weighted by molar-refractivity contribution is -0.384. The van der Waals surface area contributed by atoms with E-state index >= 15 is 0 Å². The zero-order valence-electron chi connectivity index (χ0n) is 16.8. The summed E-state index contributed by atoms with van der Waals surface area (Å²) in [6, 6.07) is 18.1. The fraction of sp³-hybridized carbons (Fsp3) is 0.136. The number of ether oxygens (including phenoxy) is 1. The predicted octanol–water partition coefficient (Wildman–Crippen LogP) is 4.00. The highest BCUT2D eigenvalue weighted by Gasteiger charge is 2.18. The second-order valence-corrected chi connectivity index (χ2v) is 6.46. The number of benzene rings is 3. The summed E-state index contributed by atoms with van der Waals surface area (Å²) < 4.78 is 5.30. The van der Waals surface area contributed by atoms with Crippen LogP contribution in [-0.2, 0) is 0 Å². The van der Waals surface area contributed by atoms with Crippen molar-refractivity contribution in [1.82, 2.24) is 0 Å². The van der Waals surface area contributed by atoms with Crippen LogP contribution in [0.15, 0.2) is 66.7 Å². The zero-order valence-corrected chi connectivity index (χ0v) is 16.8. The number of nitrogens with one attached hydrogen (secondary N) is 3. The number of nitrogens with zero attached hydrogens (tertiary/aromatic N) is 1. The van der Waals surface area contributed by atoms with Gasteiger partial charge >= 0.3 is 0 Å². The number of aliphatic hydroxyl groups is 1. The number of amides is 1. The number of carbonyl (C=O) groups excluding carboxylic acids is 1. The number of hydrogen-bond acceptors (Lipinski definition) is 7. The van der Waals surface area contributed by atoms with Crippen LogP contribution >= 0.6 is 0 Å². The largest absolute Gasteiger partial charge is 0.495 e. The molecule has 3 aromatic carbocycles. The van der Waals surface area contributed by atoms with Crippen LogP contribution in [0.5, 0.6) is 5.75 Å². The molecule has 0 radical (unpaired) electrons. The number of methoxy groups -OCH3 is 1. The van der Waals surface area contributed by atoms with Crippen molar-refractivity contribution >= 4 is 34.3 Å². The van der Waals surface area contributed by atoms with Gasteiger partial charge in [0.05, 0.1) is 35.6 Å². The normalized spacial score (nSPS) is 10.3. The number of rotatable bonds is 9. The van der Waals surface area contributed by atoms with Gasteiger partial charge in [-0.1, -0.05) is 18.2 Å². The van der Waals surface area contributed by atoms with Crippen LogP contribution in [0.2, 0.25) is 0 Å². The molecular formula is C22H22N4O5. The first kappa shape index (κ1) is 21.6. The van der Waals surface area contributed by atoms with Gasteiger partial charge in [-0.3, -0.25) is 14.9 Å². The van der Waals surface area contributed by atoms with Crippen molar-refractivity contribution in [1.29, 1.82) is 0 Å². The van der Waals surface area contributed by atoms with E-state index in [1.807, 2.05) is 0 Å². The SMILES string of the molecule is COc1ccccc1NC(=O)c1c(NCCO)cccc1Nc1ccc([N+](=O)[O-])cc1. The lowest BCUT2D eigenvalue weighted by Gasteiger charge is -2.18. The molecule has 0 aliphatic rings. The van der Waals surface area contributed by atoms with Crippen molar-refractivity contribution < 1.29 is 19.6 Å². The molecule has 0 fully saturated rings. The van der Waals surface area contributed by atoms with Crippen molar-refractivity contribution in [3.8, 4) is 5.75 Å². The van der Waals surface area contributed by atoms with E-state index in [1.54, 1.807) is 54.6 Å². The van der Waals surface area contributed by atoms with Gasteiger partial charge in [-0.15, -0.1) is 0 Å². The van der Waals surface area contributed by atoms with Crippen LogP contribution in [0, 0.1) is 10.1 Å². The minimum absolute atomic E-state index is 0.0296. The second-order valence-electron chi connectivity index (χ2n) is 6.46. The molecule has 0 unspecified atom stereocenters. The van der Waals surface area contributed by atoms with Gasteiger partial charge in [0, 0.05) is 30.1 Å². The van der Waals surface area contributed by atoms with E-state index in [0.29, 0.717) is 34.1 Å². The van der Waals surface area contributed by atoms with Crippen LogP contribution in [0.4, 0.5) is 28.4 Å². The molecule has 31 heavy (non-hydrogen) atoms. The van der Waals surface area contributed by atoms with E-state index in [1.165, 1.54) is 19.2 Å². The Morgan fingerprint density at radius 1 is 1.00 bits per heavy atom. The molecule has 0 aliphatic heterocycles. The number of para-hydroxylation sites is 2. The summed E-state index contributed by atoms with van der Waals surface area (Å²) in [5.74, 6) is 0.122. The molecule has 3 aromatic rings. The van der Waals surface area contributed by atoms with Crippen molar-refractivity contribution in [3.63, 3.8) is 0 Å². The van der Waals surface area contributed by atoms with Crippen LogP contribution in [0.3, 0.4) is 0 Å². The Kier molecular flexibility index (Phi) is 7.02. The first-order valence-electron chi connectivity index (χ1n) is 9.47. The van der Waals surface area contributed by atoms with Crippen LogP contribution in [0.1, 0.15) is 10.4 Å². The van der Waals surface area contributed by atoms with E-state index in [2.05, 4.69) is 16.0 Å². The fourth-order valence-electron chi connectivity index (χ4n) is 2.99. The molecule has 0 saturated heterocycles. The summed E-state index contributed by atoms with van der Waals surface area (Å²) >= 11 is 0. The monoisotopic (exact) mass is 422 g/mol. The molecule has 9 nitrogen and oxygen atoms in total. The number of nitro groups is 1. The van der Waals surface area contributed by atoms with E-state index < -0.39 is 10.8 Å². The molecule has 0 aromatic heterocycles. The van der Waals surface area contributed by atoms with Crippen LogP contribution in [-0.4, -0.2) is 36.2 Å². The first-order valence-corrected chi connectivity index (χ1v) is 9.47. The molecule has 0 bridgehead atoms. The maximum Gasteiger partial charge on any atom is 0.269 e. The minimum atomic E-state index is -0.477. The van der Waals surface area contributed by atoms with Gasteiger partial charge in [0.1, 0.15) is 5.75 Å². The third kappa shape index (κ3) is 5.28. The van der Waals surface area contributed by atoms with E-state index in [0.717, 1.165) is 0 Å². The summed E-state index contributed by atoms with van der Waals surface area (Å²) in [5, 5.41) is 29.1. The quantitative estimate of drug-likeness (QED) is 0.303. The molecule has 0 aliphatic carbocycles. The van der Waals surface area contributed by atoms with Crippen molar-refractivity contribution in [2.75, 3.05) is 36.2 Å². The number of non-ortho nitro benzene ring substituents is 1. The molecule has 1 amide bonds. The Bertz CT molecular complexity index is 1070. The van der Waals surface area contributed by atoms with Gasteiger partial charge in [0.25, 0.3) is 11.6 Å². The molecule has 3 rings (SSSR count). The van der Waals surface area contributed by atoms with Crippen molar-refractivity contribution in [2.24, 2.45) is 0 Å². The maximum absolute atomic E-state index is 13.2. The molecule has 0 saturated carbocycles. The average Bonchev–Trinajstić information content (AvgIpc) is 2.78. The average molecular weight is 422 g/mol. The molecule has 0 spiro atoms. The molecule has 160 valence electrons. The summed E-state index contributed by atoms with van der Waals surface area (Å²) in [5.41, 5.74) is 2.39. The Morgan fingerprint density at radius 2 is 1.68 bits per heavy atom. The Hall–Kier alpha value is -4.11. The van der Waals surface area contributed by atoms with E-state index in [4.69, 9.17) is 4.74 Å². The third-order valence-corrected chi connectivity index (χ3v) is 4.43. The standard InChI is InChI=1S/C22H22N4O5/c1-31-20-8-3-2-5-17(20)25-22(28)21-18(23-13-14-27)6-4-7-19(21)24-15-9-11-16(12-10-15)26(29)30/h2-12,23-24,27H,13-14H2,1H3,(H,25,28). The summed E-state index contributed by atoms with van der Waals surface area (Å²) in [6.45, 7) is 0.156. The smallest absolute Gasteiger partial charge is 0.269 e. The van der Waals surface area contributed by atoms with E-state index in [9.17, 15) is 20.0 Å². The summed E-state index contributed by atoms with van der Waals surface area (Å²) in [6.07, 6.45) is 0. The minimum Gasteiger partial charge on any atom is -0.495 e. The number of carbonyl (C=O) groups is 1. The maximum atomic E-state index is 13.2. The molecular weight excluding hydrogens is 400 g/mol. The summed E-state index contributed by atoms with van der Waals surface area (Å²) in [7, 11) is 1.52. The van der Waals surface area contributed by atoms with Gasteiger partial charge in [-0.25, -0.2) is 0 Å². The van der Waals surface area contributed by atoms with Gasteiger partial charge in [-0.05, 0) is 36.4 Å². The highest BCUT2D eigenvalue weighted by Crippen LogP contribution is 2.31. The lowest BCUT2D eigenvalue weighted by atomic mass is 10.1. The first-order chi connectivity index (χ1) is 15.0. The third-order valence-electron chi connectivity index (χ3n) is 4.43. The second kappa shape index (κ2) is 10.1. The molecule has 4 N–H and O–H groups in total. The number of anilines is 4. The predicted molar refractivity (Wildman–Crippen MR) is 119 cm³/mol. The summed E-state index contributed by atoms with van der Waals surface area (Å²) in [4.78, 5) is 23.6. The van der Waals surface area contributed by atoms with Gasteiger partial charge < -0.3 is 25.8 Å². The van der Waals surface area contributed by atoms with Gasteiger partial charge in [0.2, 0.25) is 0 Å². The van der Waals surface area contributed by atoms with Crippen molar-refractivity contribution in [3.05, 3.63) is 82.4 Å². The van der Waals surface area contributed by atoms with Gasteiger partial charge in [0.15, 0.2) is 0 Å². The Balaban J connectivity index is 1.95. The Morgan fingerprint density at radius 3 is 2.35 bits per heavy atom. The van der Waals surface area contributed by atoms with Gasteiger partial charge in [-0.2, -0.15) is 0 Å². The van der Waals surface area contributed by atoms with E-state index in [-0.39, 0.29) is 18.8 Å². The lowest BCUT2D eigenvalue weighted by Crippen LogP contribution is -2.18. The zero-order chi connectivity index (χ0) is 22.2. The molecule has 0 heterocycles. The molecule has 9 heteroatoms. The topological polar surface area (TPSA) is 126 Å². The number of nitro benzene ring substituents is 1. The Labute approximate surface area is 178 Å². The number of hydrogen-bond donors (Lipinski definition) is 4. The van der Waals surface area contributed by atoms with Crippen LogP contribution in [0.25, 0.3) is 0 Å². The highest BCUT2D eigenvalue weighted by molar-refractivity contribution is 6.12. The fourth-order valence-corrected chi connectivity index (χ4v) is 2.99. The number of aliphatic hydroxyl groups excluding tert-OH is 1. The van der Waals surface area contributed by atoms with Crippen molar-refractivity contribution in [2.45, 2.75) is 0 Å².